The predicted octanol–water partition coefficient (Wildman–Crippen LogP) is 1.45. The van der Waals surface area contributed by atoms with Crippen LogP contribution in [-0.2, 0) is 4.74 Å². The standard InChI is InChI=1S/C16H21N3O4.ClH/c1-21-14-10-13-12(16(20)18-11-17-13)9-15(14)23-6-2-3-19-4-7-22-8-5-19;/h9-11H,2-8H2,1H3,(H,17,18,20);1H. The van der Waals surface area contributed by atoms with Gasteiger partial charge in [-0.05, 0) is 12.5 Å². The number of aromatic nitrogens is 2. The Bertz CT molecular complexity index is 716. The topological polar surface area (TPSA) is 76.7 Å². The van der Waals surface area contributed by atoms with Gasteiger partial charge in [0.2, 0.25) is 0 Å². The fourth-order valence-electron chi connectivity index (χ4n) is 2.64. The molecule has 3 rings (SSSR count). The van der Waals surface area contributed by atoms with Gasteiger partial charge in [-0.15, -0.1) is 12.4 Å². The van der Waals surface area contributed by atoms with E-state index < -0.39 is 0 Å². The van der Waals surface area contributed by atoms with Crippen LogP contribution < -0.4 is 15.0 Å². The monoisotopic (exact) mass is 355 g/mol. The van der Waals surface area contributed by atoms with E-state index in [0.717, 1.165) is 39.3 Å². The van der Waals surface area contributed by atoms with E-state index in [-0.39, 0.29) is 18.0 Å². The Kier molecular flexibility index (Phi) is 6.84. The van der Waals surface area contributed by atoms with Gasteiger partial charge in [-0.2, -0.15) is 0 Å². The number of H-pyrrole nitrogens is 1. The van der Waals surface area contributed by atoms with Gasteiger partial charge in [-0.25, -0.2) is 4.98 Å². The molecule has 0 atom stereocenters. The molecule has 7 nitrogen and oxygen atoms in total. The van der Waals surface area contributed by atoms with Crippen LogP contribution in [0.15, 0.2) is 23.3 Å². The molecule has 0 amide bonds. The summed E-state index contributed by atoms with van der Waals surface area (Å²) in [5.74, 6) is 1.16. The van der Waals surface area contributed by atoms with Gasteiger partial charge in [0.05, 0.1) is 44.2 Å². The first kappa shape index (κ1) is 18.5. The number of hydrogen-bond acceptors (Lipinski definition) is 6. The molecular weight excluding hydrogens is 334 g/mol. The van der Waals surface area contributed by atoms with Gasteiger partial charge in [0.15, 0.2) is 11.5 Å². The van der Waals surface area contributed by atoms with Crippen molar-refractivity contribution in [1.82, 2.24) is 14.9 Å². The molecule has 132 valence electrons. The van der Waals surface area contributed by atoms with Gasteiger partial charge in [0, 0.05) is 25.7 Å². The van der Waals surface area contributed by atoms with Gasteiger partial charge in [0.1, 0.15) is 0 Å². The molecule has 0 unspecified atom stereocenters. The van der Waals surface area contributed by atoms with E-state index in [1.165, 1.54) is 6.33 Å². The molecule has 2 heterocycles. The second-order valence-corrected chi connectivity index (χ2v) is 5.41. The minimum absolute atomic E-state index is 0. The van der Waals surface area contributed by atoms with Crippen molar-refractivity contribution in [3.63, 3.8) is 0 Å². The summed E-state index contributed by atoms with van der Waals surface area (Å²) < 4.78 is 16.5. The molecule has 24 heavy (non-hydrogen) atoms. The minimum atomic E-state index is -0.184. The zero-order valence-corrected chi connectivity index (χ0v) is 14.4. The third-order valence-corrected chi connectivity index (χ3v) is 3.91. The van der Waals surface area contributed by atoms with Crippen LogP contribution in [-0.4, -0.2) is 61.4 Å². The van der Waals surface area contributed by atoms with Crippen molar-refractivity contribution in [3.05, 3.63) is 28.8 Å². The summed E-state index contributed by atoms with van der Waals surface area (Å²) in [4.78, 5) is 20.9. The van der Waals surface area contributed by atoms with Crippen molar-refractivity contribution in [2.45, 2.75) is 6.42 Å². The summed E-state index contributed by atoms with van der Waals surface area (Å²) in [5, 5.41) is 0.497. The van der Waals surface area contributed by atoms with E-state index >= 15 is 0 Å². The molecule has 1 aliphatic heterocycles. The Morgan fingerprint density at radius 3 is 2.83 bits per heavy atom. The Labute approximate surface area is 146 Å². The summed E-state index contributed by atoms with van der Waals surface area (Å²) in [6, 6.07) is 3.41. The molecule has 0 spiro atoms. The Morgan fingerprint density at radius 1 is 1.29 bits per heavy atom. The number of nitrogens with zero attached hydrogens (tertiary/aromatic N) is 2. The van der Waals surface area contributed by atoms with Crippen LogP contribution in [0.5, 0.6) is 11.5 Å². The number of aromatic amines is 1. The second kappa shape index (κ2) is 8.86. The largest absolute Gasteiger partial charge is 0.493 e. The Balaban J connectivity index is 0.00000208. The highest BCUT2D eigenvalue weighted by Crippen LogP contribution is 2.30. The molecule has 1 N–H and O–H groups in total. The second-order valence-electron chi connectivity index (χ2n) is 5.41. The molecule has 1 aromatic carbocycles. The molecule has 2 aromatic rings. The Hall–Kier alpha value is -1.83. The number of morpholine rings is 1. The van der Waals surface area contributed by atoms with Crippen LogP contribution in [0.25, 0.3) is 10.9 Å². The molecular formula is C16H22ClN3O4. The maximum Gasteiger partial charge on any atom is 0.258 e. The first-order chi connectivity index (χ1) is 11.3. The summed E-state index contributed by atoms with van der Waals surface area (Å²) in [6.07, 6.45) is 2.29. The molecule has 1 fully saturated rings. The number of hydrogen-bond donors (Lipinski definition) is 1. The van der Waals surface area contributed by atoms with Crippen molar-refractivity contribution in [3.8, 4) is 11.5 Å². The lowest BCUT2D eigenvalue weighted by Gasteiger charge is -2.26. The van der Waals surface area contributed by atoms with Gasteiger partial charge in [-0.1, -0.05) is 0 Å². The van der Waals surface area contributed by atoms with Crippen LogP contribution in [0.2, 0.25) is 0 Å². The fraction of sp³-hybridized carbons (Fsp3) is 0.500. The van der Waals surface area contributed by atoms with Crippen LogP contribution in [0.3, 0.4) is 0 Å². The SMILES string of the molecule is COc1cc2nc[nH]c(=O)c2cc1OCCCN1CCOCC1.Cl. The van der Waals surface area contributed by atoms with E-state index in [9.17, 15) is 4.79 Å². The van der Waals surface area contributed by atoms with Crippen LogP contribution in [0.1, 0.15) is 6.42 Å². The first-order valence-electron chi connectivity index (χ1n) is 7.76. The lowest BCUT2D eigenvalue weighted by atomic mass is 10.2. The molecule has 1 saturated heterocycles. The van der Waals surface area contributed by atoms with Crippen molar-refractivity contribution in [2.24, 2.45) is 0 Å². The van der Waals surface area contributed by atoms with Crippen molar-refractivity contribution < 1.29 is 14.2 Å². The average molecular weight is 356 g/mol. The van der Waals surface area contributed by atoms with Crippen molar-refractivity contribution in [1.29, 1.82) is 0 Å². The average Bonchev–Trinajstić information content (AvgIpc) is 2.59. The maximum atomic E-state index is 11.9. The summed E-state index contributed by atoms with van der Waals surface area (Å²) in [5.41, 5.74) is 0.405. The van der Waals surface area contributed by atoms with E-state index in [1.54, 1.807) is 19.2 Å². The highest BCUT2D eigenvalue weighted by molar-refractivity contribution is 5.85. The molecule has 1 aromatic heterocycles. The lowest BCUT2D eigenvalue weighted by Crippen LogP contribution is -2.37. The molecule has 0 aliphatic carbocycles. The highest BCUT2D eigenvalue weighted by Gasteiger charge is 2.12. The van der Waals surface area contributed by atoms with Crippen LogP contribution in [0.4, 0.5) is 0 Å². The molecule has 1 aliphatic rings. The fourth-order valence-corrected chi connectivity index (χ4v) is 2.64. The van der Waals surface area contributed by atoms with Gasteiger partial charge in [0.25, 0.3) is 5.56 Å². The lowest BCUT2D eigenvalue weighted by molar-refractivity contribution is 0.0357. The van der Waals surface area contributed by atoms with Gasteiger partial charge < -0.3 is 19.2 Å². The minimum Gasteiger partial charge on any atom is -0.493 e. The smallest absolute Gasteiger partial charge is 0.258 e. The summed E-state index contributed by atoms with van der Waals surface area (Å²) >= 11 is 0. The number of rotatable bonds is 6. The summed E-state index contributed by atoms with van der Waals surface area (Å²) in [7, 11) is 1.58. The van der Waals surface area contributed by atoms with Gasteiger partial charge in [-0.3, -0.25) is 9.69 Å². The predicted molar refractivity (Wildman–Crippen MR) is 93.5 cm³/mol. The quantitative estimate of drug-likeness (QED) is 0.790. The molecule has 8 heteroatoms. The van der Waals surface area contributed by atoms with E-state index in [2.05, 4.69) is 14.9 Å². The van der Waals surface area contributed by atoms with E-state index in [0.29, 0.717) is 29.0 Å². The molecule has 0 radical (unpaired) electrons. The van der Waals surface area contributed by atoms with E-state index in [1.807, 2.05) is 0 Å². The molecule has 0 bridgehead atoms. The van der Waals surface area contributed by atoms with Crippen LogP contribution in [0, 0.1) is 0 Å². The zero-order valence-electron chi connectivity index (χ0n) is 13.6. The number of benzene rings is 1. The van der Waals surface area contributed by atoms with E-state index in [4.69, 9.17) is 14.2 Å². The number of ether oxygens (including phenoxy) is 3. The zero-order chi connectivity index (χ0) is 16.1. The van der Waals surface area contributed by atoms with Crippen molar-refractivity contribution in [2.75, 3.05) is 46.6 Å². The maximum absolute atomic E-state index is 11.9. The Morgan fingerprint density at radius 2 is 2.08 bits per heavy atom. The third-order valence-electron chi connectivity index (χ3n) is 3.91. The number of methoxy groups -OCH3 is 1. The first-order valence-corrected chi connectivity index (χ1v) is 7.76. The normalized spacial score (nSPS) is 15.0. The highest BCUT2D eigenvalue weighted by atomic mass is 35.5. The van der Waals surface area contributed by atoms with Gasteiger partial charge >= 0.3 is 0 Å². The molecule has 0 saturated carbocycles. The number of halogens is 1. The summed E-state index contributed by atoms with van der Waals surface area (Å²) in [6.45, 7) is 5.09. The third kappa shape index (κ3) is 4.37. The number of fused-ring (bicyclic) bond motifs is 1. The van der Waals surface area contributed by atoms with Crippen LogP contribution >= 0.6 is 12.4 Å². The number of nitrogens with one attached hydrogen (secondary N) is 1. The van der Waals surface area contributed by atoms with Crippen molar-refractivity contribution >= 4 is 23.3 Å².